The molecule has 4 aromatic rings. The molecule has 1 N–H and O–H groups in total. The van der Waals surface area contributed by atoms with Crippen LogP contribution in [0.4, 0.5) is 11.4 Å². The van der Waals surface area contributed by atoms with E-state index in [1.54, 1.807) is 18.5 Å². The molecule has 0 radical (unpaired) electrons. The normalized spacial score (nSPS) is 10.6. The summed E-state index contributed by atoms with van der Waals surface area (Å²) in [6.07, 6.45) is 4.95. The van der Waals surface area contributed by atoms with Crippen LogP contribution in [0.5, 0.6) is 17.6 Å². The predicted octanol–water partition coefficient (Wildman–Crippen LogP) is 4.93. The molecule has 0 spiro atoms. The predicted molar refractivity (Wildman–Crippen MR) is 110 cm³/mol. The number of fused-ring (bicyclic) bond motifs is 1. The maximum atomic E-state index is 10.0. The summed E-state index contributed by atoms with van der Waals surface area (Å²) in [4.78, 5) is 14.4. The van der Waals surface area contributed by atoms with Crippen molar-refractivity contribution in [1.29, 1.82) is 0 Å². The molecule has 6 nitrogen and oxygen atoms in total. The Labute approximate surface area is 162 Å². The number of pyridine rings is 1. The summed E-state index contributed by atoms with van der Waals surface area (Å²) in [7, 11) is 2.00. The second kappa shape index (κ2) is 7.36. The van der Waals surface area contributed by atoms with E-state index in [2.05, 4.69) is 32.5 Å². The van der Waals surface area contributed by atoms with Crippen molar-refractivity contribution in [2.24, 2.45) is 0 Å². The van der Waals surface area contributed by atoms with Crippen LogP contribution in [0.1, 0.15) is 5.56 Å². The van der Waals surface area contributed by atoms with E-state index in [9.17, 15) is 5.11 Å². The van der Waals surface area contributed by atoms with Gasteiger partial charge >= 0.3 is 6.01 Å². The standard InChI is InChI=1S/C22H18N4O2/c1-3-15-5-4-6-17(13-15)26(2)16-7-9-18(10-8-16)28-22-24-20-14-23-12-11-19(20)21(27)25-22/h3-14H,1H2,2H3,(H,24,25,27). The zero-order valence-corrected chi connectivity index (χ0v) is 15.3. The Hall–Kier alpha value is -3.93. The van der Waals surface area contributed by atoms with Crippen molar-refractivity contribution in [2.45, 2.75) is 0 Å². The number of nitrogens with zero attached hydrogens (tertiary/aromatic N) is 4. The molecule has 0 aliphatic rings. The summed E-state index contributed by atoms with van der Waals surface area (Å²) in [6, 6.07) is 17.4. The van der Waals surface area contributed by atoms with Crippen molar-refractivity contribution < 1.29 is 9.84 Å². The van der Waals surface area contributed by atoms with E-state index in [4.69, 9.17) is 4.74 Å². The molecule has 0 fully saturated rings. The van der Waals surface area contributed by atoms with E-state index in [0.717, 1.165) is 16.9 Å². The summed E-state index contributed by atoms with van der Waals surface area (Å²) >= 11 is 0. The highest BCUT2D eigenvalue weighted by atomic mass is 16.5. The zero-order valence-electron chi connectivity index (χ0n) is 15.3. The van der Waals surface area contributed by atoms with E-state index in [-0.39, 0.29) is 11.9 Å². The van der Waals surface area contributed by atoms with Crippen molar-refractivity contribution in [3.63, 3.8) is 0 Å². The molecule has 2 heterocycles. The summed E-state index contributed by atoms with van der Waals surface area (Å²) in [6.45, 7) is 3.81. The van der Waals surface area contributed by atoms with Crippen LogP contribution in [0.15, 0.2) is 73.6 Å². The fourth-order valence-electron chi connectivity index (χ4n) is 2.84. The van der Waals surface area contributed by atoms with Crippen molar-refractivity contribution in [3.8, 4) is 17.6 Å². The minimum atomic E-state index is -0.138. The molecule has 28 heavy (non-hydrogen) atoms. The van der Waals surface area contributed by atoms with Crippen molar-refractivity contribution in [2.75, 3.05) is 11.9 Å². The highest BCUT2D eigenvalue weighted by molar-refractivity contribution is 5.82. The summed E-state index contributed by atoms with van der Waals surface area (Å²) in [5.41, 5.74) is 3.64. The minimum absolute atomic E-state index is 0.0674. The number of ether oxygens (including phenoxy) is 1. The average molecular weight is 370 g/mol. The van der Waals surface area contributed by atoms with Crippen molar-refractivity contribution in [1.82, 2.24) is 15.0 Å². The lowest BCUT2D eigenvalue weighted by Crippen LogP contribution is -2.09. The largest absolute Gasteiger partial charge is 0.493 e. The number of hydrogen-bond donors (Lipinski definition) is 1. The van der Waals surface area contributed by atoms with Gasteiger partial charge in [0.25, 0.3) is 0 Å². The molecular weight excluding hydrogens is 352 g/mol. The fraction of sp³-hybridized carbons (Fsp3) is 0.0455. The van der Waals surface area contributed by atoms with Gasteiger partial charge in [-0.05, 0) is 48.0 Å². The molecule has 2 aromatic carbocycles. The highest BCUT2D eigenvalue weighted by Crippen LogP contribution is 2.29. The lowest BCUT2D eigenvalue weighted by molar-refractivity contribution is 0.412. The lowest BCUT2D eigenvalue weighted by Gasteiger charge is -2.20. The van der Waals surface area contributed by atoms with E-state index in [1.807, 2.05) is 55.6 Å². The van der Waals surface area contributed by atoms with Gasteiger partial charge in [-0.25, -0.2) is 0 Å². The van der Waals surface area contributed by atoms with Gasteiger partial charge in [-0.1, -0.05) is 24.8 Å². The molecule has 6 heteroatoms. The minimum Gasteiger partial charge on any atom is -0.493 e. The molecule has 2 aromatic heterocycles. The van der Waals surface area contributed by atoms with Gasteiger partial charge in [0.15, 0.2) is 0 Å². The quantitative estimate of drug-likeness (QED) is 0.537. The SMILES string of the molecule is C=Cc1cccc(N(C)c2ccc(Oc3nc(O)c4ccncc4n3)cc2)c1. The molecule has 0 aliphatic heterocycles. The van der Waals surface area contributed by atoms with Gasteiger partial charge in [0.2, 0.25) is 5.88 Å². The summed E-state index contributed by atoms with van der Waals surface area (Å²) < 4.78 is 5.70. The first-order valence-electron chi connectivity index (χ1n) is 8.69. The van der Waals surface area contributed by atoms with E-state index >= 15 is 0 Å². The summed E-state index contributed by atoms with van der Waals surface area (Å²) in [5, 5.41) is 10.6. The molecule has 0 atom stereocenters. The van der Waals surface area contributed by atoms with Gasteiger partial charge in [0, 0.05) is 24.6 Å². The van der Waals surface area contributed by atoms with Gasteiger partial charge in [-0.15, -0.1) is 0 Å². The van der Waals surface area contributed by atoms with E-state index in [1.165, 1.54) is 0 Å². The highest BCUT2D eigenvalue weighted by Gasteiger charge is 2.09. The van der Waals surface area contributed by atoms with Crippen LogP contribution in [-0.2, 0) is 0 Å². The Morgan fingerprint density at radius 1 is 1.04 bits per heavy atom. The van der Waals surface area contributed by atoms with Crippen LogP contribution in [0.2, 0.25) is 0 Å². The van der Waals surface area contributed by atoms with Gasteiger partial charge in [0.05, 0.1) is 17.1 Å². The lowest BCUT2D eigenvalue weighted by atomic mass is 10.2. The summed E-state index contributed by atoms with van der Waals surface area (Å²) in [5.74, 6) is 0.431. The molecule has 0 bridgehead atoms. The van der Waals surface area contributed by atoms with Crippen molar-refractivity contribution in [3.05, 3.63) is 79.1 Å². The number of anilines is 2. The van der Waals surface area contributed by atoms with Gasteiger partial charge < -0.3 is 14.7 Å². The van der Waals surface area contributed by atoms with Crippen molar-refractivity contribution >= 4 is 28.4 Å². The van der Waals surface area contributed by atoms with Crippen LogP contribution in [-0.4, -0.2) is 27.1 Å². The molecule has 4 rings (SSSR count). The molecule has 0 saturated carbocycles. The number of hydrogen-bond acceptors (Lipinski definition) is 6. The van der Waals surface area contributed by atoms with Crippen LogP contribution in [0, 0.1) is 0 Å². The molecular formula is C22H18N4O2. The maximum absolute atomic E-state index is 10.0. The Balaban J connectivity index is 1.55. The average Bonchev–Trinajstić information content (AvgIpc) is 2.74. The van der Waals surface area contributed by atoms with Crippen LogP contribution < -0.4 is 9.64 Å². The molecule has 138 valence electrons. The Morgan fingerprint density at radius 3 is 2.64 bits per heavy atom. The fourth-order valence-corrected chi connectivity index (χ4v) is 2.84. The third-order valence-corrected chi connectivity index (χ3v) is 4.38. The molecule has 0 amide bonds. The smallest absolute Gasteiger partial charge is 0.325 e. The van der Waals surface area contributed by atoms with Gasteiger partial charge in [0.1, 0.15) is 5.75 Å². The number of aromatic hydroxyl groups is 1. The van der Waals surface area contributed by atoms with Crippen LogP contribution in [0.3, 0.4) is 0 Å². The third-order valence-electron chi connectivity index (χ3n) is 4.38. The van der Waals surface area contributed by atoms with E-state index in [0.29, 0.717) is 16.7 Å². The van der Waals surface area contributed by atoms with Gasteiger partial charge in [-0.3, -0.25) is 4.98 Å². The second-order valence-corrected chi connectivity index (χ2v) is 6.18. The zero-order chi connectivity index (χ0) is 19.5. The maximum Gasteiger partial charge on any atom is 0.325 e. The number of rotatable bonds is 5. The first-order valence-corrected chi connectivity index (χ1v) is 8.69. The Morgan fingerprint density at radius 2 is 1.86 bits per heavy atom. The first-order chi connectivity index (χ1) is 13.6. The first kappa shape index (κ1) is 17.5. The van der Waals surface area contributed by atoms with Crippen LogP contribution in [0.25, 0.3) is 17.0 Å². The molecule has 0 saturated heterocycles. The second-order valence-electron chi connectivity index (χ2n) is 6.18. The number of benzene rings is 2. The van der Waals surface area contributed by atoms with E-state index < -0.39 is 0 Å². The third kappa shape index (κ3) is 3.48. The Kier molecular flexibility index (Phi) is 4.60. The monoisotopic (exact) mass is 370 g/mol. The van der Waals surface area contributed by atoms with Gasteiger partial charge in [-0.2, -0.15) is 9.97 Å². The van der Waals surface area contributed by atoms with Crippen LogP contribution >= 0.6 is 0 Å². The number of aromatic nitrogens is 3. The Bertz CT molecular complexity index is 1140. The molecule has 0 aliphatic carbocycles. The topological polar surface area (TPSA) is 71.4 Å². The molecule has 0 unspecified atom stereocenters.